The van der Waals surface area contributed by atoms with Gasteiger partial charge in [-0.05, 0) is 17.5 Å². The highest BCUT2D eigenvalue weighted by Gasteiger charge is 2.44. The molecule has 0 spiro atoms. The molecule has 3 aromatic carbocycles. The van der Waals surface area contributed by atoms with Crippen molar-refractivity contribution in [3.63, 3.8) is 0 Å². The van der Waals surface area contributed by atoms with E-state index in [1.807, 2.05) is 65.6 Å². The van der Waals surface area contributed by atoms with E-state index in [1.165, 1.54) is 4.90 Å². The quantitative estimate of drug-likeness (QED) is 0.612. The van der Waals surface area contributed by atoms with Crippen LogP contribution in [0.2, 0.25) is 0 Å². The summed E-state index contributed by atoms with van der Waals surface area (Å²) in [5, 5.41) is 1.83. The summed E-state index contributed by atoms with van der Waals surface area (Å²) in [6.07, 6.45) is 0. The summed E-state index contributed by atoms with van der Waals surface area (Å²) < 4.78 is 11.0. The fraction of sp³-hybridized carbons (Fsp3) is 0.200. The first-order valence-corrected chi connectivity index (χ1v) is 10.3. The average molecular weight is 414 g/mol. The van der Waals surface area contributed by atoms with Gasteiger partial charge >= 0.3 is 0 Å². The lowest BCUT2D eigenvalue weighted by Crippen LogP contribution is -2.40. The summed E-state index contributed by atoms with van der Waals surface area (Å²) in [6, 6.07) is 20.7. The van der Waals surface area contributed by atoms with Crippen molar-refractivity contribution in [3.8, 4) is 5.75 Å². The summed E-state index contributed by atoms with van der Waals surface area (Å²) in [5.41, 5.74) is 1.99. The van der Waals surface area contributed by atoms with Gasteiger partial charge in [-0.15, -0.1) is 0 Å². The third kappa shape index (κ3) is 3.16. The molecule has 0 aromatic heterocycles. The molecule has 5 rings (SSSR count). The molecule has 2 amide bonds. The molecule has 0 bridgehead atoms. The van der Waals surface area contributed by atoms with Crippen LogP contribution < -0.4 is 9.64 Å². The largest absolute Gasteiger partial charge is 0.496 e. The van der Waals surface area contributed by atoms with Gasteiger partial charge in [0.2, 0.25) is 0 Å². The maximum Gasteiger partial charge on any atom is 0.282 e. The summed E-state index contributed by atoms with van der Waals surface area (Å²) >= 11 is 0. The minimum absolute atomic E-state index is 0.316. The van der Waals surface area contributed by atoms with Crippen molar-refractivity contribution in [2.75, 3.05) is 38.3 Å². The zero-order valence-electron chi connectivity index (χ0n) is 17.2. The molecule has 3 aromatic rings. The van der Waals surface area contributed by atoms with Gasteiger partial charge in [-0.2, -0.15) is 0 Å². The number of imide groups is 1. The first-order chi connectivity index (χ1) is 15.2. The molecule has 1 fully saturated rings. The van der Waals surface area contributed by atoms with Crippen LogP contribution in [-0.2, 0) is 14.3 Å². The fourth-order valence-electron chi connectivity index (χ4n) is 4.31. The Hall–Kier alpha value is -3.64. The van der Waals surface area contributed by atoms with Gasteiger partial charge in [-0.25, -0.2) is 4.90 Å². The molecule has 156 valence electrons. The molecular weight excluding hydrogens is 392 g/mol. The lowest BCUT2D eigenvalue weighted by atomic mass is 10.0. The monoisotopic (exact) mass is 414 g/mol. The molecule has 6 heteroatoms. The van der Waals surface area contributed by atoms with Crippen molar-refractivity contribution in [2.45, 2.75) is 0 Å². The van der Waals surface area contributed by atoms with Crippen LogP contribution in [0, 0.1) is 0 Å². The molecule has 2 heterocycles. The molecule has 0 radical (unpaired) electrons. The average Bonchev–Trinajstić information content (AvgIpc) is 3.08. The van der Waals surface area contributed by atoms with E-state index in [0.29, 0.717) is 54.6 Å². The minimum Gasteiger partial charge on any atom is -0.496 e. The Morgan fingerprint density at radius 2 is 1.55 bits per heavy atom. The lowest BCUT2D eigenvalue weighted by Gasteiger charge is -2.29. The lowest BCUT2D eigenvalue weighted by molar-refractivity contribution is -0.121. The number of rotatable bonds is 4. The number of carbonyl (C=O) groups excluding carboxylic acids is 2. The second-order valence-corrected chi connectivity index (χ2v) is 7.47. The van der Waals surface area contributed by atoms with Crippen LogP contribution in [0.15, 0.2) is 72.4 Å². The van der Waals surface area contributed by atoms with Gasteiger partial charge in [0.1, 0.15) is 11.4 Å². The number of hydrogen-bond donors (Lipinski definition) is 0. The van der Waals surface area contributed by atoms with Crippen LogP contribution in [0.25, 0.3) is 16.3 Å². The summed E-state index contributed by atoms with van der Waals surface area (Å²) in [6.45, 7) is 2.13. The molecule has 0 N–H and O–H groups in total. The Labute approximate surface area is 180 Å². The fourth-order valence-corrected chi connectivity index (χ4v) is 4.31. The van der Waals surface area contributed by atoms with Crippen LogP contribution in [0.1, 0.15) is 5.56 Å². The van der Waals surface area contributed by atoms with E-state index in [9.17, 15) is 9.59 Å². The molecule has 2 aliphatic rings. The van der Waals surface area contributed by atoms with Gasteiger partial charge in [0, 0.05) is 24.0 Å². The minimum atomic E-state index is -0.340. The second kappa shape index (κ2) is 7.89. The highest BCUT2D eigenvalue weighted by Crippen LogP contribution is 2.40. The van der Waals surface area contributed by atoms with E-state index in [-0.39, 0.29) is 11.8 Å². The first kappa shape index (κ1) is 19.3. The topological polar surface area (TPSA) is 59.1 Å². The van der Waals surface area contributed by atoms with Gasteiger partial charge < -0.3 is 14.4 Å². The zero-order valence-corrected chi connectivity index (χ0v) is 17.2. The number of morpholine rings is 1. The number of fused-ring (bicyclic) bond motifs is 1. The van der Waals surface area contributed by atoms with E-state index in [2.05, 4.69) is 0 Å². The van der Waals surface area contributed by atoms with Crippen molar-refractivity contribution in [1.82, 2.24) is 4.90 Å². The molecular formula is C25H22N2O4. The van der Waals surface area contributed by atoms with Crippen molar-refractivity contribution < 1.29 is 19.1 Å². The van der Waals surface area contributed by atoms with Crippen molar-refractivity contribution in [3.05, 3.63) is 78.0 Å². The molecule has 0 aliphatic carbocycles. The number of anilines is 1. The van der Waals surface area contributed by atoms with E-state index < -0.39 is 0 Å². The van der Waals surface area contributed by atoms with Crippen molar-refractivity contribution in [2.24, 2.45) is 0 Å². The molecule has 6 nitrogen and oxygen atoms in total. The van der Waals surface area contributed by atoms with Crippen LogP contribution in [-0.4, -0.2) is 50.1 Å². The number of carbonyl (C=O) groups is 2. The van der Waals surface area contributed by atoms with Crippen LogP contribution in [0.4, 0.5) is 5.69 Å². The predicted octanol–water partition coefficient (Wildman–Crippen LogP) is 3.47. The Morgan fingerprint density at radius 1 is 0.839 bits per heavy atom. The van der Waals surface area contributed by atoms with E-state index in [1.54, 1.807) is 13.2 Å². The summed E-state index contributed by atoms with van der Waals surface area (Å²) in [4.78, 5) is 30.8. The van der Waals surface area contributed by atoms with Gasteiger partial charge in [-0.3, -0.25) is 9.59 Å². The van der Waals surface area contributed by atoms with E-state index >= 15 is 0 Å². The second-order valence-electron chi connectivity index (χ2n) is 7.47. The van der Waals surface area contributed by atoms with Crippen LogP contribution in [0.3, 0.4) is 0 Å². The van der Waals surface area contributed by atoms with Crippen molar-refractivity contribution in [1.29, 1.82) is 0 Å². The highest BCUT2D eigenvalue weighted by molar-refractivity contribution is 6.46. The summed E-state index contributed by atoms with van der Waals surface area (Å²) in [7, 11) is 1.57. The van der Waals surface area contributed by atoms with Gasteiger partial charge in [0.05, 0.1) is 31.6 Å². The van der Waals surface area contributed by atoms with Gasteiger partial charge in [0.15, 0.2) is 0 Å². The van der Waals surface area contributed by atoms with E-state index in [0.717, 1.165) is 10.8 Å². The Balaban J connectivity index is 1.70. The highest BCUT2D eigenvalue weighted by atomic mass is 16.5. The maximum atomic E-state index is 13.8. The van der Waals surface area contributed by atoms with Crippen LogP contribution >= 0.6 is 0 Å². The Bertz CT molecular complexity index is 1210. The standard InChI is InChI=1S/C25H22N2O4/c1-30-21-12-5-4-10-19(21)22-23(26-13-15-31-16-14-26)25(29)27(24(22)28)20-11-6-8-17-7-2-3-9-18(17)20/h2-12H,13-16H2,1H3. The predicted molar refractivity (Wildman–Crippen MR) is 119 cm³/mol. The van der Waals surface area contributed by atoms with Gasteiger partial charge in [-0.1, -0.05) is 54.6 Å². The Morgan fingerprint density at radius 3 is 2.35 bits per heavy atom. The van der Waals surface area contributed by atoms with Crippen molar-refractivity contribution >= 4 is 33.8 Å². The molecule has 1 saturated heterocycles. The molecule has 0 unspecified atom stereocenters. The van der Waals surface area contributed by atoms with E-state index in [4.69, 9.17) is 9.47 Å². The number of amides is 2. The van der Waals surface area contributed by atoms with Gasteiger partial charge in [0.25, 0.3) is 11.8 Å². The number of nitrogens with zero attached hydrogens (tertiary/aromatic N) is 2. The number of hydrogen-bond acceptors (Lipinski definition) is 5. The normalized spacial score (nSPS) is 17.1. The SMILES string of the molecule is COc1ccccc1C1=C(N2CCOCC2)C(=O)N(c2cccc3ccccc23)C1=O. The summed E-state index contributed by atoms with van der Waals surface area (Å²) in [5.74, 6) is -0.0966. The molecule has 31 heavy (non-hydrogen) atoms. The number of methoxy groups -OCH3 is 1. The molecule has 2 aliphatic heterocycles. The number of para-hydroxylation sites is 1. The number of ether oxygens (including phenoxy) is 2. The molecule has 0 atom stereocenters. The third-order valence-electron chi connectivity index (χ3n) is 5.77. The Kier molecular flexibility index (Phi) is 4.92. The third-order valence-corrected chi connectivity index (χ3v) is 5.77. The zero-order chi connectivity index (χ0) is 21.4. The number of benzene rings is 3. The molecule has 0 saturated carbocycles. The first-order valence-electron chi connectivity index (χ1n) is 10.3. The smallest absolute Gasteiger partial charge is 0.282 e. The van der Waals surface area contributed by atoms with Crippen LogP contribution in [0.5, 0.6) is 5.75 Å². The maximum absolute atomic E-state index is 13.8.